The van der Waals surface area contributed by atoms with Gasteiger partial charge < -0.3 is 10.1 Å². The van der Waals surface area contributed by atoms with E-state index in [4.69, 9.17) is 4.74 Å². The maximum atomic E-state index is 10.8. The van der Waals surface area contributed by atoms with Gasteiger partial charge in [-0.15, -0.1) is 0 Å². The fourth-order valence-electron chi connectivity index (χ4n) is 2.43. The average molecular weight is 265 g/mol. The van der Waals surface area contributed by atoms with Crippen molar-refractivity contribution >= 4 is 11.5 Å². The second-order valence-corrected chi connectivity index (χ2v) is 4.92. The van der Waals surface area contributed by atoms with Crippen LogP contribution in [0.1, 0.15) is 26.2 Å². The molecule has 0 amide bonds. The van der Waals surface area contributed by atoms with Gasteiger partial charge in [-0.1, -0.05) is 0 Å². The highest BCUT2D eigenvalue weighted by atomic mass is 16.6. The molecule has 0 aromatic carbocycles. The van der Waals surface area contributed by atoms with E-state index in [0.717, 1.165) is 25.9 Å². The van der Waals surface area contributed by atoms with Gasteiger partial charge in [0, 0.05) is 25.4 Å². The number of nitrogens with zero attached hydrogens (tertiary/aromatic N) is 2. The second kappa shape index (κ2) is 6.47. The Morgan fingerprint density at radius 1 is 1.63 bits per heavy atom. The quantitative estimate of drug-likeness (QED) is 0.654. The zero-order chi connectivity index (χ0) is 13.7. The number of nitro groups is 1. The molecule has 1 aliphatic rings. The van der Waals surface area contributed by atoms with E-state index in [1.54, 1.807) is 12.3 Å². The van der Waals surface area contributed by atoms with Gasteiger partial charge in [0.25, 0.3) is 0 Å². The molecule has 2 rings (SSSR count). The molecule has 0 aliphatic carbocycles. The van der Waals surface area contributed by atoms with Gasteiger partial charge in [0.15, 0.2) is 0 Å². The van der Waals surface area contributed by atoms with Crippen LogP contribution in [0.4, 0.5) is 11.5 Å². The molecule has 2 heterocycles. The number of rotatable bonds is 5. The number of aromatic nitrogens is 1. The van der Waals surface area contributed by atoms with Gasteiger partial charge in [0.2, 0.25) is 5.82 Å². The van der Waals surface area contributed by atoms with Crippen LogP contribution in [0.25, 0.3) is 0 Å². The summed E-state index contributed by atoms with van der Waals surface area (Å²) in [6.45, 7) is 3.61. The normalized spacial score (nSPS) is 23.0. The molecule has 6 heteroatoms. The van der Waals surface area contributed by atoms with E-state index in [0.29, 0.717) is 24.4 Å². The smallest absolute Gasteiger partial charge is 0.311 e. The molecule has 19 heavy (non-hydrogen) atoms. The second-order valence-electron chi connectivity index (χ2n) is 4.92. The van der Waals surface area contributed by atoms with Crippen LogP contribution >= 0.6 is 0 Å². The van der Waals surface area contributed by atoms with E-state index < -0.39 is 4.92 Å². The number of nitrogens with one attached hydrogen (secondary N) is 1. The van der Waals surface area contributed by atoms with Crippen LogP contribution in [0.3, 0.4) is 0 Å². The van der Waals surface area contributed by atoms with Crippen molar-refractivity contribution in [2.45, 2.75) is 32.3 Å². The summed E-state index contributed by atoms with van der Waals surface area (Å²) in [4.78, 5) is 14.4. The van der Waals surface area contributed by atoms with Crippen molar-refractivity contribution in [3.05, 3.63) is 28.4 Å². The van der Waals surface area contributed by atoms with E-state index in [-0.39, 0.29) is 5.69 Å². The predicted molar refractivity (Wildman–Crippen MR) is 72.1 cm³/mol. The number of hydrogen-bond acceptors (Lipinski definition) is 5. The molecule has 104 valence electrons. The molecule has 0 spiro atoms. The lowest BCUT2D eigenvalue weighted by Gasteiger charge is -2.27. The van der Waals surface area contributed by atoms with Gasteiger partial charge in [-0.3, -0.25) is 10.1 Å². The van der Waals surface area contributed by atoms with Gasteiger partial charge in [0.1, 0.15) is 0 Å². The first-order valence-electron chi connectivity index (χ1n) is 6.61. The number of pyridine rings is 1. The minimum atomic E-state index is -0.411. The third kappa shape index (κ3) is 3.89. The molecule has 1 N–H and O–H groups in total. The van der Waals surface area contributed by atoms with Crippen molar-refractivity contribution in [1.29, 1.82) is 0 Å². The summed E-state index contributed by atoms with van der Waals surface area (Å²) < 4.78 is 5.50. The molecule has 1 aromatic heterocycles. The van der Waals surface area contributed by atoms with Crippen LogP contribution in [0.2, 0.25) is 0 Å². The lowest BCUT2D eigenvalue weighted by atomic mass is 9.93. The summed E-state index contributed by atoms with van der Waals surface area (Å²) in [6, 6.07) is 3.04. The fourth-order valence-corrected chi connectivity index (χ4v) is 2.43. The highest BCUT2D eigenvalue weighted by Gasteiger charge is 2.19. The summed E-state index contributed by atoms with van der Waals surface area (Å²) >= 11 is 0. The molecule has 1 aliphatic heterocycles. The zero-order valence-electron chi connectivity index (χ0n) is 11.0. The van der Waals surface area contributed by atoms with Crippen LogP contribution in [0.5, 0.6) is 0 Å². The summed E-state index contributed by atoms with van der Waals surface area (Å²) in [6.07, 6.45) is 5.00. The van der Waals surface area contributed by atoms with Gasteiger partial charge in [-0.05, 0) is 38.2 Å². The fraction of sp³-hybridized carbons (Fsp3) is 0.615. The van der Waals surface area contributed by atoms with Crippen molar-refractivity contribution in [2.75, 3.05) is 18.5 Å². The summed E-state index contributed by atoms with van der Waals surface area (Å²) in [5.74, 6) is 0.978. The molecule has 1 fully saturated rings. The molecule has 1 aromatic rings. The van der Waals surface area contributed by atoms with Crippen LogP contribution in [0, 0.1) is 16.0 Å². The maximum absolute atomic E-state index is 10.8. The Kier molecular flexibility index (Phi) is 4.68. The van der Waals surface area contributed by atoms with Crippen molar-refractivity contribution in [1.82, 2.24) is 4.98 Å². The third-order valence-corrected chi connectivity index (χ3v) is 3.42. The molecule has 0 bridgehead atoms. The summed E-state index contributed by atoms with van der Waals surface area (Å²) in [5, 5.41) is 13.9. The average Bonchev–Trinajstić information content (AvgIpc) is 2.39. The Morgan fingerprint density at radius 3 is 3.21 bits per heavy atom. The van der Waals surface area contributed by atoms with Crippen molar-refractivity contribution < 1.29 is 9.66 Å². The van der Waals surface area contributed by atoms with Crippen molar-refractivity contribution in [3.8, 4) is 0 Å². The number of anilines is 1. The lowest BCUT2D eigenvalue weighted by molar-refractivity contribution is -0.384. The molecule has 1 saturated heterocycles. The molecule has 0 unspecified atom stereocenters. The van der Waals surface area contributed by atoms with Crippen LogP contribution in [-0.4, -0.2) is 29.2 Å². The predicted octanol–water partition coefficient (Wildman–Crippen LogP) is 2.61. The van der Waals surface area contributed by atoms with E-state index in [9.17, 15) is 10.1 Å². The third-order valence-electron chi connectivity index (χ3n) is 3.42. The van der Waals surface area contributed by atoms with Crippen molar-refractivity contribution in [3.63, 3.8) is 0 Å². The number of ether oxygens (including phenoxy) is 1. The van der Waals surface area contributed by atoms with Crippen molar-refractivity contribution in [2.24, 2.45) is 5.92 Å². The SMILES string of the molecule is C[C@@H]1C[C@H](CCNc2ncccc2[N+](=O)[O-])CCO1. The van der Waals surface area contributed by atoms with Gasteiger partial charge >= 0.3 is 5.69 Å². The zero-order valence-corrected chi connectivity index (χ0v) is 11.0. The van der Waals surface area contributed by atoms with E-state index in [2.05, 4.69) is 17.2 Å². The van der Waals surface area contributed by atoms with Gasteiger partial charge in [-0.25, -0.2) is 4.98 Å². The summed E-state index contributed by atoms with van der Waals surface area (Å²) in [7, 11) is 0. The number of hydrogen-bond donors (Lipinski definition) is 1. The topological polar surface area (TPSA) is 77.3 Å². The Labute approximate surface area is 112 Å². The Hall–Kier alpha value is -1.69. The van der Waals surface area contributed by atoms with E-state index >= 15 is 0 Å². The molecule has 6 nitrogen and oxygen atoms in total. The first-order valence-corrected chi connectivity index (χ1v) is 6.61. The standard InChI is InChI=1S/C13H19N3O3/c1-10-9-11(5-8-19-10)4-7-15-13-12(16(17)18)3-2-6-14-13/h2-3,6,10-11H,4-5,7-9H2,1H3,(H,14,15)/t10-,11-/m1/s1. The minimum Gasteiger partial charge on any atom is -0.378 e. The highest BCUT2D eigenvalue weighted by Crippen LogP contribution is 2.24. The first-order chi connectivity index (χ1) is 9.16. The monoisotopic (exact) mass is 265 g/mol. The molecule has 0 radical (unpaired) electrons. The van der Waals surface area contributed by atoms with Gasteiger partial charge in [0.05, 0.1) is 11.0 Å². The van der Waals surface area contributed by atoms with E-state index in [1.165, 1.54) is 6.07 Å². The molecule has 2 atom stereocenters. The Bertz CT molecular complexity index is 439. The van der Waals surface area contributed by atoms with Crippen LogP contribution < -0.4 is 5.32 Å². The molecular formula is C13H19N3O3. The first kappa shape index (κ1) is 13.7. The van der Waals surface area contributed by atoms with Crippen LogP contribution in [-0.2, 0) is 4.74 Å². The summed E-state index contributed by atoms with van der Waals surface area (Å²) in [5.41, 5.74) is 0.0304. The minimum absolute atomic E-state index is 0.0304. The Balaban J connectivity index is 1.84. The van der Waals surface area contributed by atoms with E-state index in [1.807, 2.05) is 0 Å². The van der Waals surface area contributed by atoms with Crippen LogP contribution in [0.15, 0.2) is 18.3 Å². The molecular weight excluding hydrogens is 246 g/mol. The largest absolute Gasteiger partial charge is 0.378 e. The Morgan fingerprint density at radius 2 is 2.47 bits per heavy atom. The van der Waals surface area contributed by atoms with Gasteiger partial charge in [-0.2, -0.15) is 0 Å². The highest BCUT2D eigenvalue weighted by molar-refractivity contribution is 5.54. The molecule has 0 saturated carbocycles. The maximum Gasteiger partial charge on any atom is 0.311 e. The lowest BCUT2D eigenvalue weighted by Crippen LogP contribution is -2.24.